The highest BCUT2D eigenvalue weighted by atomic mass is 16.5. The largest absolute Gasteiger partial charge is 0.481 e. The van der Waals surface area contributed by atoms with E-state index in [0.717, 1.165) is 17.1 Å². The lowest BCUT2D eigenvalue weighted by Crippen LogP contribution is -2.22. The number of methoxy groups -OCH3 is 1. The van der Waals surface area contributed by atoms with Crippen LogP contribution in [0.15, 0.2) is 5.57 Å². The van der Waals surface area contributed by atoms with Crippen LogP contribution >= 0.6 is 0 Å². The van der Waals surface area contributed by atoms with Crippen LogP contribution < -0.4 is 10.1 Å². The molecule has 1 aromatic heterocycles. The van der Waals surface area contributed by atoms with Crippen LogP contribution in [-0.4, -0.2) is 30.0 Å². The van der Waals surface area contributed by atoms with Crippen molar-refractivity contribution in [1.29, 1.82) is 0 Å². The van der Waals surface area contributed by atoms with Gasteiger partial charge in [0, 0.05) is 13.1 Å². The van der Waals surface area contributed by atoms with E-state index in [2.05, 4.69) is 30.3 Å². The van der Waals surface area contributed by atoms with Gasteiger partial charge in [-0.25, -0.2) is 4.68 Å². The van der Waals surface area contributed by atoms with Crippen LogP contribution in [0.3, 0.4) is 0 Å². The molecule has 0 fully saturated rings. The minimum absolute atomic E-state index is 0.351. The number of aryl methyl sites for hydroxylation is 2. The summed E-state index contributed by atoms with van der Waals surface area (Å²) in [4.78, 5) is 0. The van der Waals surface area contributed by atoms with Crippen molar-refractivity contribution in [3.63, 3.8) is 0 Å². The van der Waals surface area contributed by atoms with Crippen LogP contribution in [0.4, 0.5) is 0 Å². The summed E-state index contributed by atoms with van der Waals surface area (Å²) in [6.45, 7) is 6.22. The van der Waals surface area contributed by atoms with Gasteiger partial charge in [-0.2, -0.15) is 5.10 Å². The number of ether oxygens (including phenoxy) is 1. The first-order chi connectivity index (χ1) is 7.51. The Morgan fingerprint density at radius 2 is 2.19 bits per heavy atom. The van der Waals surface area contributed by atoms with E-state index in [1.54, 1.807) is 11.8 Å². The van der Waals surface area contributed by atoms with E-state index in [4.69, 9.17) is 4.74 Å². The Bertz CT molecular complexity index is 393. The maximum absolute atomic E-state index is 5.35. The third-order valence-electron chi connectivity index (χ3n) is 2.90. The number of aromatic nitrogens is 2. The van der Waals surface area contributed by atoms with Gasteiger partial charge in [0.15, 0.2) is 0 Å². The van der Waals surface area contributed by atoms with Crippen molar-refractivity contribution < 1.29 is 4.74 Å². The van der Waals surface area contributed by atoms with Crippen LogP contribution in [-0.2, 0) is 7.05 Å². The summed E-state index contributed by atoms with van der Waals surface area (Å²) in [5.74, 6) is 0.806. The third kappa shape index (κ3) is 2.44. The van der Waals surface area contributed by atoms with Crippen molar-refractivity contribution in [2.24, 2.45) is 7.05 Å². The zero-order chi connectivity index (χ0) is 12.3. The molecule has 1 atom stereocenters. The van der Waals surface area contributed by atoms with Crippen LogP contribution in [0.25, 0.3) is 6.08 Å². The quantitative estimate of drug-likeness (QED) is 0.845. The average molecular weight is 223 g/mol. The fourth-order valence-corrected chi connectivity index (χ4v) is 1.64. The SMILES string of the molecule is CNC(C)C(C)=Cc1c(C)nn(C)c1OC. The average Bonchev–Trinajstić information content (AvgIpc) is 2.52. The Balaban J connectivity index is 3.13. The number of nitrogens with one attached hydrogen (secondary N) is 1. The maximum atomic E-state index is 5.35. The molecule has 0 aliphatic rings. The lowest BCUT2D eigenvalue weighted by Gasteiger charge is -2.10. The van der Waals surface area contributed by atoms with E-state index < -0.39 is 0 Å². The molecule has 0 bridgehead atoms. The molecule has 1 N–H and O–H groups in total. The predicted molar refractivity (Wildman–Crippen MR) is 66.7 cm³/mol. The van der Waals surface area contributed by atoms with E-state index in [1.807, 2.05) is 21.0 Å². The van der Waals surface area contributed by atoms with Crippen LogP contribution in [0.2, 0.25) is 0 Å². The smallest absolute Gasteiger partial charge is 0.218 e. The molecule has 1 aromatic rings. The standard InChI is InChI=1S/C12H21N3O/c1-8(9(2)13-4)7-11-10(3)14-15(5)12(11)16-6/h7,9,13H,1-6H3. The normalized spacial score (nSPS) is 14.0. The summed E-state index contributed by atoms with van der Waals surface area (Å²) in [5.41, 5.74) is 3.31. The molecule has 0 saturated carbocycles. The highest BCUT2D eigenvalue weighted by molar-refractivity contribution is 5.60. The van der Waals surface area contributed by atoms with Gasteiger partial charge in [0.1, 0.15) is 0 Å². The lowest BCUT2D eigenvalue weighted by atomic mass is 10.1. The fraction of sp³-hybridized carbons (Fsp3) is 0.583. The van der Waals surface area contributed by atoms with Crippen molar-refractivity contribution in [2.75, 3.05) is 14.2 Å². The van der Waals surface area contributed by atoms with Gasteiger partial charge in [-0.3, -0.25) is 0 Å². The number of nitrogens with zero attached hydrogens (tertiary/aromatic N) is 2. The third-order valence-corrected chi connectivity index (χ3v) is 2.90. The van der Waals surface area contributed by atoms with Gasteiger partial charge in [0.25, 0.3) is 0 Å². The first-order valence-corrected chi connectivity index (χ1v) is 5.44. The highest BCUT2D eigenvalue weighted by Gasteiger charge is 2.12. The molecule has 1 unspecified atom stereocenters. The van der Waals surface area contributed by atoms with Gasteiger partial charge in [-0.1, -0.05) is 5.57 Å². The molecule has 16 heavy (non-hydrogen) atoms. The molecule has 90 valence electrons. The molecule has 1 rings (SSSR count). The summed E-state index contributed by atoms with van der Waals surface area (Å²) < 4.78 is 7.11. The summed E-state index contributed by atoms with van der Waals surface area (Å²) in [6, 6.07) is 0.351. The van der Waals surface area contributed by atoms with E-state index >= 15 is 0 Å². The van der Waals surface area contributed by atoms with Crippen LogP contribution in [0.5, 0.6) is 5.88 Å². The van der Waals surface area contributed by atoms with E-state index in [-0.39, 0.29) is 0 Å². The predicted octanol–water partition coefficient (Wildman–Crippen LogP) is 1.75. The molecular weight excluding hydrogens is 202 g/mol. The Kier molecular flexibility index (Phi) is 4.12. The fourth-order valence-electron chi connectivity index (χ4n) is 1.64. The number of hydrogen-bond acceptors (Lipinski definition) is 3. The molecule has 4 heteroatoms. The number of rotatable bonds is 4. The van der Waals surface area contributed by atoms with Crippen LogP contribution in [0, 0.1) is 6.92 Å². The van der Waals surface area contributed by atoms with Gasteiger partial charge in [0.2, 0.25) is 5.88 Å². The summed E-state index contributed by atoms with van der Waals surface area (Å²) >= 11 is 0. The van der Waals surface area contributed by atoms with E-state index in [9.17, 15) is 0 Å². The molecule has 0 amide bonds. The van der Waals surface area contributed by atoms with Crippen molar-refractivity contribution in [3.8, 4) is 5.88 Å². The number of likely N-dealkylation sites (N-methyl/N-ethyl adjacent to an activating group) is 1. The summed E-state index contributed by atoms with van der Waals surface area (Å²) in [6.07, 6.45) is 2.13. The Labute approximate surface area is 97.3 Å². The molecule has 1 heterocycles. The zero-order valence-electron chi connectivity index (χ0n) is 11.0. The zero-order valence-corrected chi connectivity index (χ0v) is 11.0. The first kappa shape index (κ1) is 12.8. The Morgan fingerprint density at radius 1 is 1.56 bits per heavy atom. The molecule has 0 aromatic carbocycles. The van der Waals surface area contributed by atoms with E-state index in [1.165, 1.54) is 5.57 Å². The minimum atomic E-state index is 0.351. The molecule has 4 nitrogen and oxygen atoms in total. The molecule has 0 saturated heterocycles. The Morgan fingerprint density at radius 3 is 2.69 bits per heavy atom. The van der Waals surface area contributed by atoms with Gasteiger partial charge in [0.05, 0.1) is 18.4 Å². The second-order valence-electron chi connectivity index (χ2n) is 4.03. The van der Waals surface area contributed by atoms with E-state index in [0.29, 0.717) is 6.04 Å². The number of hydrogen-bond donors (Lipinski definition) is 1. The van der Waals surface area contributed by atoms with Crippen LogP contribution in [0.1, 0.15) is 25.1 Å². The maximum Gasteiger partial charge on any atom is 0.218 e. The monoisotopic (exact) mass is 223 g/mol. The molecule has 0 aliphatic heterocycles. The first-order valence-electron chi connectivity index (χ1n) is 5.44. The van der Waals surface area contributed by atoms with Crippen molar-refractivity contribution in [1.82, 2.24) is 15.1 Å². The second-order valence-corrected chi connectivity index (χ2v) is 4.03. The molecule has 0 aliphatic carbocycles. The van der Waals surface area contributed by atoms with Crippen molar-refractivity contribution in [2.45, 2.75) is 26.8 Å². The molecule has 0 spiro atoms. The molecular formula is C12H21N3O. The van der Waals surface area contributed by atoms with Gasteiger partial charge in [-0.15, -0.1) is 0 Å². The lowest BCUT2D eigenvalue weighted by molar-refractivity contribution is 0.372. The highest BCUT2D eigenvalue weighted by Crippen LogP contribution is 2.24. The second kappa shape index (κ2) is 5.16. The minimum Gasteiger partial charge on any atom is -0.481 e. The topological polar surface area (TPSA) is 39.1 Å². The van der Waals surface area contributed by atoms with Gasteiger partial charge in [-0.05, 0) is 33.9 Å². The van der Waals surface area contributed by atoms with Crippen molar-refractivity contribution in [3.05, 3.63) is 16.8 Å². The summed E-state index contributed by atoms with van der Waals surface area (Å²) in [7, 11) is 5.51. The summed E-state index contributed by atoms with van der Waals surface area (Å²) in [5, 5.41) is 7.56. The Hall–Kier alpha value is -1.29. The van der Waals surface area contributed by atoms with Crippen molar-refractivity contribution >= 4 is 6.08 Å². The molecule has 0 radical (unpaired) electrons. The van der Waals surface area contributed by atoms with Gasteiger partial charge >= 0.3 is 0 Å². The van der Waals surface area contributed by atoms with Gasteiger partial charge < -0.3 is 10.1 Å².